The number of likely N-dealkylation sites (tertiary alicyclic amines) is 2. The highest BCUT2D eigenvalue weighted by Gasteiger charge is 2.54. The molecule has 5 rings (SSSR count). The van der Waals surface area contributed by atoms with Gasteiger partial charge < -0.3 is 25.3 Å². The molecule has 1 aromatic carbocycles. The van der Waals surface area contributed by atoms with Crippen LogP contribution < -0.4 is 5.73 Å². The fourth-order valence-electron chi connectivity index (χ4n) is 6.19. The van der Waals surface area contributed by atoms with Crippen LogP contribution in [0.4, 0.5) is 26.7 Å². The number of imidazole rings is 1. The van der Waals surface area contributed by atoms with Crippen molar-refractivity contribution >= 4 is 23.0 Å². The number of aromatic amines is 1. The van der Waals surface area contributed by atoms with Gasteiger partial charge in [-0.1, -0.05) is 6.07 Å². The zero-order chi connectivity index (χ0) is 30.0. The van der Waals surface area contributed by atoms with E-state index in [1.165, 1.54) is 11.0 Å². The molecule has 226 valence electrons. The van der Waals surface area contributed by atoms with Gasteiger partial charge in [0, 0.05) is 31.5 Å². The number of fused-ring (bicyclic) bond motifs is 1. The predicted octanol–water partition coefficient (Wildman–Crippen LogP) is 5.27. The number of nitrogens with one attached hydrogen (secondary N) is 1. The Hall–Kier alpha value is -2.96. The van der Waals surface area contributed by atoms with Gasteiger partial charge in [0.05, 0.1) is 30.1 Å². The molecule has 8 nitrogen and oxygen atoms in total. The molecule has 1 unspecified atom stereocenters. The third-order valence-electron chi connectivity index (χ3n) is 8.52. The first-order valence-electron chi connectivity index (χ1n) is 14.0. The van der Waals surface area contributed by atoms with E-state index in [-0.39, 0.29) is 74.4 Å². The molecule has 0 spiro atoms. The summed E-state index contributed by atoms with van der Waals surface area (Å²) in [5.41, 5.74) is 4.40. The van der Waals surface area contributed by atoms with Crippen molar-refractivity contribution in [1.82, 2.24) is 19.8 Å². The quantitative estimate of drug-likeness (QED) is 0.476. The topological polar surface area (TPSA) is 105 Å². The Labute approximate surface area is 234 Å². The normalized spacial score (nSPS) is 23.2. The molecule has 2 aromatic rings. The Morgan fingerprint density at radius 3 is 2.20 bits per heavy atom. The second kappa shape index (κ2) is 10.1. The van der Waals surface area contributed by atoms with E-state index in [9.17, 15) is 27.2 Å². The van der Waals surface area contributed by atoms with E-state index in [0.717, 1.165) is 4.90 Å². The third kappa shape index (κ3) is 5.74. The summed E-state index contributed by atoms with van der Waals surface area (Å²) >= 11 is 0. The Morgan fingerprint density at radius 1 is 1.02 bits per heavy atom. The van der Waals surface area contributed by atoms with Crippen LogP contribution in [0.5, 0.6) is 0 Å². The number of hydrogen-bond acceptors (Lipinski definition) is 5. The van der Waals surface area contributed by atoms with Crippen LogP contribution in [0, 0.1) is 11.7 Å². The van der Waals surface area contributed by atoms with Crippen LogP contribution in [0.25, 0.3) is 11.0 Å². The Kier molecular flexibility index (Phi) is 7.27. The average molecular weight is 586 g/mol. The third-order valence-corrected chi connectivity index (χ3v) is 8.52. The molecule has 3 N–H and O–H groups in total. The van der Waals surface area contributed by atoms with Gasteiger partial charge in [-0.25, -0.2) is 31.7 Å². The van der Waals surface area contributed by atoms with E-state index < -0.39 is 59.8 Å². The molecular formula is C28H36F5N5O3. The highest BCUT2D eigenvalue weighted by Crippen LogP contribution is 2.44. The number of benzene rings is 1. The summed E-state index contributed by atoms with van der Waals surface area (Å²) in [5.74, 6) is -7.12. The van der Waals surface area contributed by atoms with Crippen molar-refractivity contribution in [1.29, 1.82) is 0 Å². The van der Waals surface area contributed by atoms with Crippen molar-refractivity contribution in [2.24, 2.45) is 11.7 Å². The lowest BCUT2D eigenvalue weighted by Crippen LogP contribution is -2.64. The molecular weight excluding hydrogens is 549 g/mol. The zero-order valence-electron chi connectivity index (χ0n) is 23.4. The maximum Gasteiger partial charge on any atom is 0.410 e. The largest absolute Gasteiger partial charge is 0.444 e. The van der Waals surface area contributed by atoms with Crippen LogP contribution in [-0.2, 0) is 14.9 Å². The molecule has 2 amide bonds. The molecule has 3 aliphatic rings. The number of nitrogens with two attached hydrogens (primary N) is 1. The van der Waals surface area contributed by atoms with E-state index in [2.05, 4.69) is 9.97 Å². The van der Waals surface area contributed by atoms with Gasteiger partial charge >= 0.3 is 6.09 Å². The lowest BCUT2D eigenvalue weighted by Gasteiger charge is -2.47. The molecule has 0 radical (unpaired) electrons. The number of ether oxygens (including phenoxy) is 1. The first-order valence-corrected chi connectivity index (χ1v) is 14.0. The zero-order valence-corrected chi connectivity index (χ0v) is 23.4. The molecule has 13 heteroatoms. The van der Waals surface area contributed by atoms with Gasteiger partial charge in [0.15, 0.2) is 5.82 Å². The summed E-state index contributed by atoms with van der Waals surface area (Å²) < 4.78 is 76.4. The molecule has 2 aliphatic heterocycles. The van der Waals surface area contributed by atoms with Crippen molar-refractivity contribution in [3.63, 3.8) is 0 Å². The molecule has 1 aromatic heterocycles. The fraction of sp³-hybridized carbons (Fsp3) is 0.679. The SMILES string of the molecule is CC(C)(C)OC(=O)N1CCC(C(=O)N2CC(F)(F)C2)(c2ccc3[nH]c(C(N)C4CCC(F)(F)CC4)nc3c2F)CC1. The molecule has 0 bridgehead atoms. The second-order valence-corrected chi connectivity index (χ2v) is 12.7. The molecule has 1 atom stereocenters. The highest BCUT2D eigenvalue weighted by atomic mass is 19.3. The minimum absolute atomic E-state index is 0.00263. The Balaban J connectivity index is 1.44. The summed E-state index contributed by atoms with van der Waals surface area (Å²) in [4.78, 5) is 36.2. The first-order chi connectivity index (χ1) is 19.0. The summed E-state index contributed by atoms with van der Waals surface area (Å²) in [6, 6.07) is 2.30. The lowest BCUT2D eigenvalue weighted by atomic mass is 9.70. The van der Waals surface area contributed by atoms with Gasteiger partial charge in [0.25, 0.3) is 5.92 Å². The predicted molar refractivity (Wildman–Crippen MR) is 140 cm³/mol. The smallest absolute Gasteiger partial charge is 0.410 e. The van der Waals surface area contributed by atoms with Gasteiger partial charge in [-0.15, -0.1) is 0 Å². The summed E-state index contributed by atoms with van der Waals surface area (Å²) in [6.07, 6.45) is -0.687. The van der Waals surface area contributed by atoms with E-state index in [1.807, 2.05) is 0 Å². The van der Waals surface area contributed by atoms with Gasteiger partial charge in [0.2, 0.25) is 11.8 Å². The highest BCUT2D eigenvalue weighted by molar-refractivity contribution is 5.91. The van der Waals surface area contributed by atoms with E-state index in [1.54, 1.807) is 26.8 Å². The number of amides is 2. The number of carbonyl (C=O) groups is 2. The van der Waals surface area contributed by atoms with Crippen LogP contribution in [-0.4, -0.2) is 75.4 Å². The van der Waals surface area contributed by atoms with E-state index >= 15 is 4.39 Å². The van der Waals surface area contributed by atoms with Crippen LogP contribution >= 0.6 is 0 Å². The van der Waals surface area contributed by atoms with Crippen LogP contribution in [0.3, 0.4) is 0 Å². The van der Waals surface area contributed by atoms with Gasteiger partial charge in [-0.2, -0.15) is 0 Å². The number of carbonyl (C=O) groups excluding carboxylic acids is 2. The molecule has 3 fully saturated rings. The molecule has 3 heterocycles. The van der Waals surface area contributed by atoms with Crippen LogP contribution in [0.15, 0.2) is 12.1 Å². The summed E-state index contributed by atoms with van der Waals surface area (Å²) in [5, 5.41) is 0. The van der Waals surface area contributed by atoms with Gasteiger partial charge in [-0.05, 0) is 58.4 Å². The van der Waals surface area contributed by atoms with E-state index in [4.69, 9.17) is 10.5 Å². The van der Waals surface area contributed by atoms with Crippen LogP contribution in [0.2, 0.25) is 0 Å². The minimum atomic E-state index is -3.01. The Morgan fingerprint density at radius 2 is 1.63 bits per heavy atom. The molecule has 41 heavy (non-hydrogen) atoms. The second-order valence-electron chi connectivity index (χ2n) is 12.7. The minimum Gasteiger partial charge on any atom is -0.444 e. The number of halogens is 5. The molecule has 1 saturated carbocycles. The number of alkyl halides is 4. The average Bonchev–Trinajstić information content (AvgIpc) is 3.31. The number of piperidine rings is 1. The number of hydrogen-bond donors (Lipinski definition) is 2. The van der Waals surface area contributed by atoms with Crippen molar-refractivity contribution in [2.45, 2.75) is 88.2 Å². The van der Waals surface area contributed by atoms with Crippen molar-refractivity contribution in [3.05, 3.63) is 29.3 Å². The maximum absolute atomic E-state index is 16.2. The number of nitrogens with zero attached hydrogens (tertiary/aromatic N) is 3. The van der Waals surface area contributed by atoms with Crippen molar-refractivity contribution in [3.8, 4) is 0 Å². The lowest BCUT2D eigenvalue weighted by molar-refractivity contribution is -0.173. The summed E-state index contributed by atoms with van der Waals surface area (Å²) in [6.45, 7) is 3.79. The maximum atomic E-state index is 16.2. The monoisotopic (exact) mass is 585 g/mol. The standard InChI is InChI=1S/C28H36F5N5O3/c1-25(2,3)41-24(40)37-12-10-26(11-13-37,23(39)38-14-28(32,33)15-38)17-4-5-18-21(19(17)29)36-22(35-18)20(34)16-6-8-27(30,31)9-7-16/h4-5,16,20H,6-15,34H2,1-3H3,(H,35,36). The fourth-order valence-corrected chi connectivity index (χ4v) is 6.19. The van der Waals surface area contributed by atoms with Gasteiger partial charge in [-0.3, -0.25) is 4.79 Å². The van der Waals surface area contributed by atoms with Gasteiger partial charge in [0.1, 0.15) is 16.9 Å². The molecule has 2 saturated heterocycles. The number of rotatable bonds is 4. The Bertz CT molecular complexity index is 1310. The first kappa shape index (κ1) is 29.5. The van der Waals surface area contributed by atoms with E-state index in [0.29, 0.717) is 5.52 Å². The molecule has 1 aliphatic carbocycles. The van der Waals surface area contributed by atoms with Crippen molar-refractivity contribution in [2.75, 3.05) is 26.2 Å². The number of H-pyrrole nitrogens is 1. The number of aromatic nitrogens is 2. The van der Waals surface area contributed by atoms with Crippen LogP contribution in [0.1, 0.15) is 76.7 Å². The van der Waals surface area contributed by atoms with Crippen molar-refractivity contribution < 1.29 is 36.3 Å². The summed E-state index contributed by atoms with van der Waals surface area (Å²) in [7, 11) is 0.